The highest BCUT2D eigenvalue weighted by Crippen LogP contribution is 2.25. The molecule has 0 aliphatic rings. The van der Waals surface area contributed by atoms with Crippen LogP contribution in [-0.4, -0.2) is 31.0 Å². The minimum absolute atomic E-state index is 0.0274. The first-order chi connectivity index (χ1) is 9.34. The minimum Gasteiger partial charge on any atom is -0.484 e. The number of benzene rings is 1. The highest BCUT2D eigenvalue weighted by Gasteiger charge is 2.14. The summed E-state index contributed by atoms with van der Waals surface area (Å²) in [6, 6.07) is 7.97. The zero-order valence-corrected chi connectivity index (χ0v) is 13.4. The fraction of sp³-hybridized carbons (Fsp3) is 0.588. The summed E-state index contributed by atoms with van der Waals surface area (Å²) in [4.78, 5) is 13.6. The lowest BCUT2D eigenvalue weighted by Crippen LogP contribution is -2.32. The van der Waals surface area contributed by atoms with Gasteiger partial charge in [-0.15, -0.1) is 0 Å². The number of hydrogen-bond donors (Lipinski definition) is 0. The van der Waals surface area contributed by atoms with Gasteiger partial charge in [0.1, 0.15) is 5.75 Å². The molecule has 0 unspecified atom stereocenters. The number of hydrogen-bond acceptors (Lipinski definition) is 2. The molecule has 0 fully saturated rings. The molecule has 1 rings (SSSR count). The van der Waals surface area contributed by atoms with Crippen molar-refractivity contribution in [2.45, 2.75) is 46.0 Å². The second-order valence-electron chi connectivity index (χ2n) is 6.24. The van der Waals surface area contributed by atoms with Crippen LogP contribution in [0.25, 0.3) is 0 Å². The molecule has 0 aliphatic heterocycles. The minimum atomic E-state index is 0.0274. The van der Waals surface area contributed by atoms with Crippen molar-refractivity contribution in [2.75, 3.05) is 20.2 Å². The third-order valence-electron chi connectivity index (χ3n) is 3.34. The van der Waals surface area contributed by atoms with E-state index in [0.717, 1.165) is 25.1 Å². The van der Waals surface area contributed by atoms with E-state index in [1.165, 1.54) is 5.56 Å². The van der Waals surface area contributed by atoms with Gasteiger partial charge in [0, 0.05) is 13.6 Å². The largest absolute Gasteiger partial charge is 0.484 e. The second-order valence-corrected chi connectivity index (χ2v) is 6.24. The first kappa shape index (κ1) is 16.5. The molecule has 0 saturated carbocycles. The molecule has 0 spiro atoms. The van der Waals surface area contributed by atoms with E-state index in [0.29, 0.717) is 0 Å². The zero-order chi connectivity index (χ0) is 15.2. The molecular weight excluding hydrogens is 250 g/mol. The molecule has 3 nitrogen and oxygen atoms in total. The Morgan fingerprint density at radius 1 is 1.30 bits per heavy atom. The van der Waals surface area contributed by atoms with E-state index < -0.39 is 0 Å². The number of rotatable bonds is 6. The molecule has 0 N–H and O–H groups in total. The van der Waals surface area contributed by atoms with Crippen LogP contribution in [0.3, 0.4) is 0 Å². The molecule has 1 aromatic rings. The van der Waals surface area contributed by atoms with E-state index in [1.54, 1.807) is 4.90 Å². The Hall–Kier alpha value is -1.51. The first-order valence-electron chi connectivity index (χ1n) is 7.32. The number of amides is 1. The molecular formula is C17H27NO2. The maximum absolute atomic E-state index is 11.9. The van der Waals surface area contributed by atoms with E-state index in [2.05, 4.69) is 33.8 Å². The van der Waals surface area contributed by atoms with Gasteiger partial charge in [0.05, 0.1) is 0 Å². The van der Waals surface area contributed by atoms with E-state index in [1.807, 2.05) is 25.2 Å². The summed E-state index contributed by atoms with van der Waals surface area (Å²) < 4.78 is 5.61. The van der Waals surface area contributed by atoms with Crippen molar-refractivity contribution in [3.8, 4) is 5.75 Å². The molecule has 3 heteroatoms. The summed E-state index contributed by atoms with van der Waals surface area (Å²) in [6.45, 7) is 9.50. The SMILES string of the molecule is CCCCN(C)C(=O)COc1cccc(C(C)(C)C)c1. The Labute approximate surface area is 122 Å². The first-order valence-corrected chi connectivity index (χ1v) is 7.32. The molecule has 0 aliphatic carbocycles. The number of ether oxygens (including phenoxy) is 1. The van der Waals surface area contributed by atoms with E-state index in [9.17, 15) is 4.79 Å². The van der Waals surface area contributed by atoms with Crippen LogP contribution in [0.2, 0.25) is 0 Å². The standard InChI is InChI=1S/C17H27NO2/c1-6-7-11-18(5)16(19)13-20-15-10-8-9-14(12-15)17(2,3)4/h8-10,12H,6-7,11,13H2,1-5H3. The van der Waals surface area contributed by atoms with Gasteiger partial charge in [0.15, 0.2) is 6.61 Å². The fourth-order valence-corrected chi connectivity index (χ4v) is 1.83. The third-order valence-corrected chi connectivity index (χ3v) is 3.34. The van der Waals surface area contributed by atoms with Crippen LogP contribution in [0.15, 0.2) is 24.3 Å². The summed E-state index contributed by atoms with van der Waals surface area (Å²) in [7, 11) is 1.83. The van der Waals surface area contributed by atoms with Crippen LogP contribution in [0.4, 0.5) is 0 Å². The molecule has 0 bridgehead atoms. The van der Waals surface area contributed by atoms with Gasteiger partial charge in [0.2, 0.25) is 0 Å². The van der Waals surface area contributed by atoms with Gasteiger partial charge in [-0.2, -0.15) is 0 Å². The number of nitrogens with zero attached hydrogens (tertiary/aromatic N) is 1. The van der Waals surface area contributed by atoms with Crippen LogP contribution in [0.5, 0.6) is 5.75 Å². The van der Waals surface area contributed by atoms with Gasteiger partial charge in [0.25, 0.3) is 5.91 Å². The van der Waals surface area contributed by atoms with Crippen LogP contribution in [0, 0.1) is 0 Å². The van der Waals surface area contributed by atoms with Crippen molar-refractivity contribution in [2.24, 2.45) is 0 Å². The summed E-state index contributed by atoms with van der Waals surface area (Å²) in [5, 5.41) is 0. The van der Waals surface area contributed by atoms with Gasteiger partial charge in [-0.05, 0) is 29.5 Å². The third kappa shape index (κ3) is 5.24. The quantitative estimate of drug-likeness (QED) is 0.795. The van der Waals surface area contributed by atoms with Gasteiger partial charge in [-0.3, -0.25) is 4.79 Å². The number of carbonyl (C=O) groups is 1. The van der Waals surface area contributed by atoms with Crippen LogP contribution < -0.4 is 4.74 Å². The molecule has 112 valence electrons. The van der Waals surface area contributed by atoms with Crippen molar-refractivity contribution >= 4 is 5.91 Å². The van der Waals surface area contributed by atoms with Crippen molar-refractivity contribution in [1.29, 1.82) is 0 Å². The lowest BCUT2D eigenvalue weighted by atomic mass is 9.87. The monoisotopic (exact) mass is 277 g/mol. The Morgan fingerprint density at radius 3 is 2.60 bits per heavy atom. The predicted molar refractivity (Wildman–Crippen MR) is 83.2 cm³/mol. The lowest BCUT2D eigenvalue weighted by Gasteiger charge is -2.20. The topological polar surface area (TPSA) is 29.5 Å². The Bertz CT molecular complexity index is 435. The van der Waals surface area contributed by atoms with Gasteiger partial charge in [-0.1, -0.05) is 46.2 Å². The highest BCUT2D eigenvalue weighted by molar-refractivity contribution is 5.77. The predicted octanol–water partition coefficient (Wildman–Crippen LogP) is 3.62. The Kier molecular flexibility index (Phi) is 6.05. The summed E-state index contributed by atoms with van der Waals surface area (Å²) in [5.41, 5.74) is 1.29. The number of unbranched alkanes of at least 4 members (excludes halogenated alkanes) is 1. The van der Waals surface area contributed by atoms with E-state index in [-0.39, 0.29) is 17.9 Å². The summed E-state index contributed by atoms with van der Waals surface area (Å²) in [5.74, 6) is 0.786. The van der Waals surface area contributed by atoms with Crippen molar-refractivity contribution in [3.05, 3.63) is 29.8 Å². The fourth-order valence-electron chi connectivity index (χ4n) is 1.83. The Balaban J connectivity index is 2.55. The van der Waals surface area contributed by atoms with Crippen molar-refractivity contribution in [3.63, 3.8) is 0 Å². The average Bonchev–Trinajstić information content (AvgIpc) is 2.41. The summed E-state index contributed by atoms with van der Waals surface area (Å²) >= 11 is 0. The van der Waals surface area contributed by atoms with Crippen molar-refractivity contribution in [1.82, 2.24) is 4.90 Å². The maximum Gasteiger partial charge on any atom is 0.260 e. The molecule has 1 aromatic carbocycles. The molecule has 0 heterocycles. The maximum atomic E-state index is 11.9. The molecule has 0 radical (unpaired) electrons. The van der Waals surface area contributed by atoms with Crippen LogP contribution in [0.1, 0.15) is 46.1 Å². The average molecular weight is 277 g/mol. The number of likely N-dealkylation sites (N-methyl/N-ethyl adjacent to an activating group) is 1. The Morgan fingerprint density at radius 2 is 2.00 bits per heavy atom. The zero-order valence-electron chi connectivity index (χ0n) is 13.4. The van der Waals surface area contributed by atoms with Crippen molar-refractivity contribution < 1.29 is 9.53 Å². The van der Waals surface area contributed by atoms with Gasteiger partial charge in [-0.25, -0.2) is 0 Å². The van der Waals surface area contributed by atoms with Gasteiger partial charge >= 0.3 is 0 Å². The highest BCUT2D eigenvalue weighted by atomic mass is 16.5. The summed E-state index contributed by atoms with van der Waals surface area (Å²) in [6.07, 6.45) is 2.12. The van der Waals surface area contributed by atoms with Crippen LogP contribution in [-0.2, 0) is 10.2 Å². The smallest absolute Gasteiger partial charge is 0.260 e. The number of carbonyl (C=O) groups excluding carboxylic acids is 1. The molecule has 0 saturated heterocycles. The molecule has 1 amide bonds. The molecule has 0 aromatic heterocycles. The molecule has 20 heavy (non-hydrogen) atoms. The van der Waals surface area contributed by atoms with E-state index in [4.69, 9.17) is 4.74 Å². The molecule has 0 atom stereocenters. The van der Waals surface area contributed by atoms with E-state index >= 15 is 0 Å². The second kappa shape index (κ2) is 7.32. The van der Waals surface area contributed by atoms with Crippen LogP contribution >= 0.6 is 0 Å². The lowest BCUT2D eigenvalue weighted by molar-refractivity contribution is -0.132. The van der Waals surface area contributed by atoms with Gasteiger partial charge < -0.3 is 9.64 Å². The normalized spacial score (nSPS) is 11.2.